The number of hydrogen-bond acceptors (Lipinski definition) is 6. The molecule has 144 valence electrons. The Morgan fingerprint density at radius 1 is 1.07 bits per heavy atom. The maximum Gasteiger partial charge on any atom is 0.261 e. The molecule has 0 bridgehead atoms. The summed E-state index contributed by atoms with van der Waals surface area (Å²) >= 11 is 1.40. The van der Waals surface area contributed by atoms with E-state index in [1.807, 2.05) is 19.9 Å². The Labute approximate surface area is 166 Å². The molecule has 0 fully saturated rings. The highest BCUT2D eigenvalue weighted by molar-refractivity contribution is 7.92. The summed E-state index contributed by atoms with van der Waals surface area (Å²) in [7, 11) is -2.16. The molecule has 0 aliphatic carbocycles. The van der Waals surface area contributed by atoms with Crippen molar-refractivity contribution < 1.29 is 13.2 Å². The number of ether oxygens (including phenoxy) is 1. The summed E-state index contributed by atoms with van der Waals surface area (Å²) in [5, 5.41) is 5.15. The first-order chi connectivity index (χ1) is 13.4. The molecule has 0 saturated heterocycles. The van der Waals surface area contributed by atoms with Crippen molar-refractivity contribution in [3.63, 3.8) is 0 Å². The van der Waals surface area contributed by atoms with Gasteiger partial charge in [-0.25, -0.2) is 18.1 Å². The molecule has 1 N–H and O–H groups in total. The molecule has 0 aliphatic rings. The molecule has 0 radical (unpaired) electrons. The predicted octanol–water partition coefficient (Wildman–Crippen LogP) is 3.91. The number of aryl methyl sites for hydroxylation is 2. The number of methoxy groups -OCH3 is 1. The van der Waals surface area contributed by atoms with Crippen LogP contribution in [0.5, 0.6) is 5.75 Å². The predicted molar refractivity (Wildman–Crippen MR) is 110 cm³/mol. The minimum absolute atomic E-state index is 0.180. The molecular weight excluding hydrogens is 396 g/mol. The van der Waals surface area contributed by atoms with E-state index in [1.165, 1.54) is 11.3 Å². The zero-order chi connectivity index (χ0) is 19.9. The van der Waals surface area contributed by atoms with Crippen LogP contribution in [0.4, 0.5) is 5.69 Å². The first-order valence-electron chi connectivity index (χ1n) is 8.47. The van der Waals surface area contributed by atoms with E-state index in [0.29, 0.717) is 16.6 Å². The Bertz CT molecular complexity index is 1260. The average Bonchev–Trinajstić information content (AvgIpc) is 3.23. The number of nitrogens with one attached hydrogen (secondary N) is 1. The zero-order valence-electron chi connectivity index (χ0n) is 15.5. The van der Waals surface area contributed by atoms with Crippen molar-refractivity contribution in [2.45, 2.75) is 18.7 Å². The number of aromatic nitrogens is 3. The molecule has 4 rings (SSSR count). The molecule has 28 heavy (non-hydrogen) atoms. The lowest BCUT2D eigenvalue weighted by atomic mass is 10.3. The maximum absolute atomic E-state index is 12.8. The lowest BCUT2D eigenvalue weighted by Gasteiger charge is -2.08. The zero-order valence-corrected chi connectivity index (χ0v) is 17.1. The second-order valence-electron chi connectivity index (χ2n) is 6.30. The Morgan fingerprint density at radius 2 is 1.82 bits per heavy atom. The Kier molecular flexibility index (Phi) is 4.56. The third kappa shape index (κ3) is 3.46. The Hall–Kier alpha value is -2.91. The third-order valence-electron chi connectivity index (χ3n) is 4.19. The van der Waals surface area contributed by atoms with E-state index >= 15 is 0 Å². The SMILES string of the molecule is COc1ccc(NS(=O)(=O)c2ccc3nc(-n4nc(C)cc4C)sc3c2)cc1. The van der Waals surface area contributed by atoms with Crippen LogP contribution < -0.4 is 9.46 Å². The normalized spacial score (nSPS) is 11.7. The molecule has 0 unspecified atom stereocenters. The second kappa shape index (κ2) is 6.92. The lowest BCUT2D eigenvalue weighted by Crippen LogP contribution is -2.12. The molecule has 2 aromatic carbocycles. The summed E-state index contributed by atoms with van der Waals surface area (Å²) < 4.78 is 35.7. The van der Waals surface area contributed by atoms with Gasteiger partial charge in [0.15, 0.2) is 0 Å². The quantitative estimate of drug-likeness (QED) is 0.535. The minimum atomic E-state index is -3.72. The molecule has 9 heteroatoms. The second-order valence-corrected chi connectivity index (χ2v) is 8.99. The largest absolute Gasteiger partial charge is 0.497 e. The van der Waals surface area contributed by atoms with E-state index in [2.05, 4.69) is 14.8 Å². The van der Waals surface area contributed by atoms with Gasteiger partial charge in [-0.3, -0.25) is 4.72 Å². The number of thiazole rings is 1. The molecule has 2 aromatic heterocycles. The van der Waals surface area contributed by atoms with Gasteiger partial charge in [0.2, 0.25) is 5.13 Å². The van der Waals surface area contributed by atoms with Crippen LogP contribution in [-0.2, 0) is 10.0 Å². The van der Waals surface area contributed by atoms with Gasteiger partial charge in [-0.2, -0.15) is 5.10 Å². The third-order valence-corrected chi connectivity index (χ3v) is 6.56. The summed E-state index contributed by atoms with van der Waals surface area (Å²) in [4.78, 5) is 4.75. The molecule has 7 nitrogen and oxygen atoms in total. The van der Waals surface area contributed by atoms with Gasteiger partial charge in [-0.05, 0) is 62.4 Å². The summed E-state index contributed by atoms with van der Waals surface area (Å²) in [6.07, 6.45) is 0. The van der Waals surface area contributed by atoms with Crippen molar-refractivity contribution in [3.8, 4) is 10.9 Å². The number of hydrogen-bond donors (Lipinski definition) is 1. The molecule has 2 heterocycles. The van der Waals surface area contributed by atoms with Gasteiger partial charge in [0.05, 0.1) is 27.9 Å². The summed E-state index contributed by atoms with van der Waals surface area (Å²) in [6.45, 7) is 3.88. The molecule has 0 spiro atoms. The van der Waals surface area contributed by atoms with E-state index in [0.717, 1.165) is 21.6 Å². The highest BCUT2D eigenvalue weighted by Crippen LogP contribution is 2.29. The fourth-order valence-corrected chi connectivity index (χ4v) is 5.02. The van der Waals surface area contributed by atoms with Gasteiger partial charge in [0.1, 0.15) is 5.75 Å². The van der Waals surface area contributed by atoms with Gasteiger partial charge >= 0.3 is 0 Å². The van der Waals surface area contributed by atoms with Crippen LogP contribution in [0.1, 0.15) is 11.4 Å². The van der Waals surface area contributed by atoms with Crippen molar-refractivity contribution in [1.29, 1.82) is 0 Å². The minimum Gasteiger partial charge on any atom is -0.497 e. The molecule has 0 amide bonds. The van der Waals surface area contributed by atoms with Crippen molar-refractivity contribution in [3.05, 3.63) is 59.9 Å². The number of fused-ring (bicyclic) bond motifs is 1. The van der Waals surface area contributed by atoms with E-state index < -0.39 is 10.0 Å². The highest BCUT2D eigenvalue weighted by atomic mass is 32.2. The number of sulfonamides is 1. The summed E-state index contributed by atoms with van der Waals surface area (Å²) in [6, 6.07) is 13.6. The number of anilines is 1. The first kappa shape index (κ1) is 18.5. The van der Waals surface area contributed by atoms with Crippen LogP contribution in [0.25, 0.3) is 15.3 Å². The molecule has 0 atom stereocenters. The topological polar surface area (TPSA) is 86.1 Å². The Morgan fingerprint density at radius 3 is 2.46 bits per heavy atom. The molecule has 4 aromatic rings. The highest BCUT2D eigenvalue weighted by Gasteiger charge is 2.17. The molecular formula is C19H18N4O3S2. The molecule has 0 saturated carbocycles. The van der Waals surface area contributed by atoms with Crippen molar-refractivity contribution in [1.82, 2.24) is 14.8 Å². The van der Waals surface area contributed by atoms with Crippen LogP contribution in [0.3, 0.4) is 0 Å². The van der Waals surface area contributed by atoms with Crippen LogP contribution in [-0.4, -0.2) is 30.3 Å². The standard InChI is InChI=1S/C19H18N4O3S2/c1-12-10-13(2)23(21-12)19-20-17-9-8-16(11-18(17)27-19)28(24,25)22-14-4-6-15(26-3)7-5-14/h4-11,22H,1-3H3. The summed E-state index contributed by atoms with van der Waals surface area (Å²) in [5.41, 5.74) is 3.08. The molecule has 0 aliphatic heterocycles. The number of benzene rings is 2. The van der Waals surface area contributed by atoms with Crippen molar-refractivity contribution >= 4 is 37.3 Å². The van der Waals surface area contributed by atoms with Crippen LogP contribution in [0.15, 0.2) is 53.4 Å². The van der Waals surface area contributed by atoms with Gasteiger partial charge in [-0.15, -0.1) is 0 Å². The van der Waals surface area contributed by atoms with E-state index in [1.54, 1.807) is 54.3 Å². The Balaban J connectivity index is 1.67. The van der Waals surface area contributed by atoms with Crippen molar-refractivity contribution in [2.24, 2.45) is 0 Å². The van der Waals surface area contributed by atoms with Gasteiger partial charge < -0.3 is 4.74 Å². The van der Waals surface area contributed by atoms with Crippen LogP contribution >= 0.6 is 11.3 Å². The number of nitrogens with zero attached hydrogens (tertiary/aromatic N) is 3. The van der Waals surface area contributed by atoms with Gasteiger partial charge in [0.25, 0.3) is 10.0 Å². The van der Waals surface area contributed by atoms with Crippen LogP contribution in [0.2, 0.25) is 0 Å². The maximum atomic E-state index is 12.8. The van der Waals surface area contributed by atoms with Crippen LogP contribution in [0, 0.1) is 13.8 Å². The smallest absolute Gasteiger partial charge is 0.261 e. The number of rotatable bonds is 5. The fourth-order valence-electron chi connectivity index (χ4n) is 2.85. The lowest BCUT2D eigenvalue weighted by molar-refractivity contribution is 0.415. The fraction of sp³-hybridized carbons (Fsp3) is 0.158. The first-order valence-corrected chi connectivity index (χ1v) is 10.8. The monoisotopic (exact) mass is 414 g/mol. The van der Waals surface area contributed by atoms with E-state index in [9.17, 15) is 8.42 Å². The van der Waals surface area contributed by atoms with Crippen molar-refractivity contribution in [2.75, 3.05) is 11.8 Å². The van der Waals surface area contributed by atoms with Gasteiger partial charge in [-0.1, -0.05) is 11.3 Å². The average molecular weight is 415 g/mol. The van der Waals surface area contributed by atoms with E-state index in [-0.39, 0.29) is 4.90 Å². The summed E-state index contributed by atoms with van der Waals surface area (Å²) in [5.74, 6) is 0.658. The van der Waals surface area contributed by atoms with E-state index in [4.69, 9.17) is 4.74 Å². The van der Waals surface area contributed by atoms with Gasteiger partial charge in [0, 0.05) is 11.4 Å².